The molecule has 0 N–H and O–H groups in total. The van der Waals surface area contributed by atoms with Gasteiger partial charge in [-0.05, 0) is 32.0 Å². The lowest BCUT2D eigenvalue weighted by Crippen LogP contribution is -2.43. The number of hydrogen-bond acceptors (Lipinski definition) is 3. The molecule has 7 heteroatoms. The molecule has 0 radical (unpaired) electrons. The van der Waals surface area contributed by atoms with Gasteiger partial charge < -0.3 is 13.9 Å². The van der Waals surface area contributed by atoms with Gasteiger partial charge in [-0.1, -0.05) is 73.1 Å². The summed E-state index contributed by atoms with van der Waals surface area (Å²) in [6.07, 6.45) is 9.75. The third kappa shape index (κ3) is 13.7. The topological polar surface area (TPSA) is 27.7 Å². The molecule has 0 saturated carbocycles. The maximum atomic E-state index is 6.01. The van der Waals surface area contributed by atoms with E-state index in [-0.39, 0.29) is 0 Å². The summed E-state index contributed by atoms with van der Waals surface area (Å²) >= 11 is 17.9. The summed E-state index contributed by atoms with van der Waals surface area (Å²) in [6, 6.07) is 0.867. The van der Waals surface area contributed by atoms with E-state index in [0.717, 1.165) is 12.5 Å². The fourth-order valence-corrected chi connectivity index (χ4v) is 4.15. The minimum Gasteiger partial charge on any atom is -0.389 e. The highest BCUT2D eigenvalue weighted by molar-refractivity contribution is 6.72. The Morgan fingerprint density at radius 1 is 1.04 bits per heavy atom. The lowest BCUT2D eigenvalue weighted by molar-refractivity contribution is -0.0941. The Hall–Kier alpha value is 0.707. The Bertz CT molecular complexity index is 320. The summed E-state index contributed by atoms with van der Waals surface area (Å²) < 4.78 is 14.9. The molecule has 0 rings (SSSR count). The Morgan fingerprint density at radius 3 is 2.30 bits per heavy atom. The second-order valence-corrected chi connectivity index (χ2v) is 12.7. The minimum atomic E-state index is -2.02. The van der Waals surface area contributed by atoms with Gasteiger partial charge in [0.15, 0.2) is 14.6 Å². The van der Waals surface area contributed by atoms with Crippen LogP contribution in [0, 0.1) is 0 Å². The third-order valence-corrected chi connectivity index (χ3v) is 5.86. The van der Waals surface area contributed by atoms with Crippen LogP contribution >= 0.6 is 34.8 Å². The molecule has 0 bridgehead atoms. The lowest BCUT2D eigenvalue weighted by atomic mass is 10.1. The zero-order valence-electron chi connectivity index (χ0n) is 14.7. The molecule has 0 aromatic rings. The number of methoxy groups -OCH3 is 1. The zero-order chi connectivity index (χ0) is 17.8. The van der Waals surface area contributed by atoms with Crippen molar-refractivity contribution in [2.45, 2.75) is 68.2 Å². The van der Waals surface area contributed by atoms with Crippen LogP contribution in [-0.2, 0) is 13.9 Å². The number of hydrogen-bond donors (Lipinski definition) is 0. The van der Waals surface area contributed by atoms with Crippen molar-refractivity contribution >= 4 is 43.1 Å². The summed E-state index contributed by atoms with van der Waals surface area (Å²) in [5.74, 6) is 0. The molecule has 0 aliphatic carbocycles. The van der Waals surface area contributed by atoms with Gasteiger partial charge in [0.25, 0.3) is 0 Å². The largest absolute Gasteiger partial charge is 0.389 e. The quantitative estimate of drug-likeness (QED) is 0.122. The average Bonchev–Trinajstić information content (AvgIpc) is 2.44. The summed E-state index contributed by atoms with van der Waals surface area (Å²) in [5.41, 5.74) is 0. The maximum absolute atomic E-state index is 6.01. The van der Waals surface area contributed by atoms with Gasteiger partial charge in [-0.2, -0.15) is 0 Å². The Labute approximate surface area is 157 Å². The zero-order valence-corrected chi connectivity index (χ0v) is 18.0. The third-order valence-electron chi connectivity index (χ3n) is 3.25. The van der Waals surface area contributed by atoms with Crippen LogP contribution in [0.25, 0.3) is 0 Å². The molecule has 0 aliphatic rings. The summed E-state index contributed by atoms with van der Waals surface area (Å²) in [6.45, 7) is 7.17. The molecule has 3 nitrogen and oxygen atoms in total. The number of rotatable bonds is 13. The van der Waals surface area contributed by atoms with Crippen LogP contribution in [0.1, 0.15) is 39.0 Å². The van der Waals surface area contributed by atoms with Crippen LogP contribution < -0.4 is 0 Å². The van der Waals surface area contributed by atoms with Crippen molar-refractivity contribution in [1.82, 2.24) is 0 Å². The van der Waals surface area contributed by atoms with E-state index in [1.165, 1.54) is 25.7 Å². The Kier molecular flexibility index (Phi) is 13.4. The fraction of sp³-hybridized carbons (Fsp3) is 0.875. The molecule has 23 heavy (non-hydrogen) atoms. The van der Waals surface area contributed by atoms with Crippen molar-refractivity contribution in [3.63, 3.8) is 0 Å². The molecule has 0 spiro atoms. The first-order chi connectivity index (χ1) is 10.7. The van der Waals surface area contributed by atoms with Crippen molar-refractivity contribution < 1.29 is 13.9 Å². The van der Waals surface area contributed by atoms with Crippen molar-refractivity contribution in [1.29, 1.82) is 0 Å². The molecule has 0 aromatic carbocycles. The molecule has 138 valence electrons. The number of alkyl halides is 3. The Morgan fingerprint density at radius 2 is 1.74 bits per heavy atom. The lowest BCUT2D eigenvalue weighted by Gasteiger charge is -2.32. The van der Waals surface area contributed by atoms with Crippen LogP contribution in [0.3, 0.4) is 0 Å². The predicted molar refractivity (Wildman–Crippen MR) is 103 cm³/mol. The van der Waals surface area contributed by atoms with Crippen molar-refractivity contribution in [2.24, 2.45) is 0 Å². The molecule has 0 saturated heterocycles. The Balaban J connectivity index is 4.28. The van der Waals surface area contributed by atoms with E-state index in [0.29, 0.717) is 13.2 Å². The molecule has 0 aliphatic heterocycles. The van der Waals surface area contributed by atoms with Crippen LogP contribution in [-0.4, -0.2) is 38.7 Å². The second kappa shape index (κ2) is 13.0. The van der Waals surface area contributed by atoms with Crippen LogP contribution in [0.5, 0.6) is 0 Å². The molecule has 1 unspecified atom stereocenters. The van der Waals surface area contributed by atoms with Crippen molar-refractivity contribution in [3.8, 4) is 0 Å². The summed E-state index contributed by atoms with van der Waals surface area (Å²) in [4.78, 5) is 0. The van der Waals surface area contributed by atoms with E-state index >= 15 is 0 Å². The average molecular weight is 406 g/mol. The van der Waals surface area contributed by atoms with Crippen LogP contribution in [0.15, 0.2) is 12.2 Å². The highest BCUT2D eigenvalue weighted by atomic mass is 35.6. The standard InChI is InChI=1S/C16H31Cl3O3Si/c1-5-6-7-8-9-10-11-14-23(3,4)22-15(16(17,18)19)21-13-12-20-2/h10-11,15H,5-9,12-14H2,1-4H3/b11-10+. The highest BCUT2D eigenvalue weighted by Gasteiger charge is 2.39. The molecule has 0 aromatic heterocycles. The van der Waals surface area contributed by atoms with Gasteiger partial charge in [-0.3, -0.25) is 0 Å². The van der Waals surface area contributed by atoms with Crippen molar-refractivity contribution in [3.05, 3.63) is 12.2 Å². The SMILES string of the molecule is CCCCCC/C=C/C[Si](C)(C)OC(OCCOC)C(Cl)(Cl)Cl. The highest BCUT2D eigenvalue weighted by Crippen LogP contribution is 2.35. The van der Waals surface area contributed by atoms with Gasteiger partial charge in [0.05, 0.1) is 13.2 Å². The van der Waals surface area contributed by atoms with E-state index in [1.807, 2.05) is 0 Å². The molecular formula is C16H31Cl3O3Si. The summed E-state index contributed by atoms with van der Waals surface area (Å²) in [5, 5.41) is 0. The number of halogens is 3. The number of ether oxygens (including phenoxy) is 2. The smallest absolute Gasteiger partial charge is 0.239 e. The first-order valence-corrected chi connectivity index (χ1v) is 12.5. The molecule has 0 amide bonds. The van der Waals surface area contributed by atoms with E-state index in [9.17, 15) is 0 Å². The second-order valence-electron chi connectivity index (χ2n) is 6.14. The van der Waals surface area contributed by atoms with E-state index in [4.69, 9.17) is 48.7 Å². The first kappa shape index (κ1) is 23.7. The normalized spacial score (nSPS) is 14.6. The fourth-order valence-electron chi connectivity index (χ4n) is 1.95. The monoisotopic (exact) mass is 404 g/mol. The van der Waals surface area contributed by atoms with E-state index in [1.54, 1.807) is 7.11 Å². The minimum absolute atomic E-state index is 0.326. The molecule has 0 fully saturated rings. The van der Waals surface area contributed by atoms with Gasteiger partial charge in [0.1, 0.15) is 0 Å². The molecule has 1 atom stereocenters. The van der Waals surface area contributed by atoms with Gasteiger partial charge in [-0.25, -0.2) is 0 Å². The van der Waals surface area contributed by atoms with Gasteiger partial charge in [0, 0.05) is 7.11 Å². The molecular weight excluding hydrogens is 375 g/mol. The van der Waals surface area contributed by atoms with E-state index < -0.39 is 18.4 Å². The molecule has 0 heterocycles. The summed E-state index contributed by atoms with van der Waals surface area (Å²) in [7, 11) is -0.422. The number of allylic oxidation sites excluding steroid dienone is 2. The van der Waals surface area contributed by atoms with Gasteiger partial charge in [-0.15, -0.1) is 0 Å². The van der Waals surface area contributed by atoms with Gasteiger partial charge >= 0.3 is 0 Å². The van der Waals surface area contributed by atoms with Crippen molar-refractivity contribution in [2.75, 3.05) is 20.3 Å². The first-order valence-electron chi connectivity index (χ1n) is 8.23. The number of unbranched alkanes of at least 4 members (excludes halogenated alkanes) is 4. The van der Waals surface area contributed by atoms with Crippen LogP contribution in [0.2, 0.25) is 19.1 Å². The van der Waals surface area contributed by atoms with E-state index in [2.05, 4.69) is 32.2 Å². The predicted octanol–water partition coefficient (Wildman–Crippen LogP) is 6.09. The van der Waals surface area contributed by atoms with Crippen LogP contribution in [0.4, 0.5) is 0 Å². The maximum Gasteiger partial charge on any atom is 0.239 e. The van der Waals surface area contributed by atoms with Gasteiger partial charge in [0.2, 0.25) is 3.79 Å².